The summed E-state index contributed by atoms with van der Waals surface area (Å²) in [5, 5.41) is 21.9. The van der Waals surface area contributed by atoms with E-state index in [9.17, 15) is 19.7 Å². The van der Waals surface area contributed by atoms with Crippen LogP contribution in [0.2, 0.25) is 0 Å². The molecule has 0 bridgehead atoms. The number of carboxylic acids is 1. The van der Waals surface area contributed by atoms with Crippen molar-refractivity contribution in [3.8, 4) is 0 Å². The fraction of sp³-hybridized carbons (Fsp3) is 0. The molecular formula is C13H9N3O5. The third-order valence-electron chi connectivity index (χ3n) is 2.57. The Morgan fingerprint density at radius 3 is 2.62 bits per heavy atom. The van der Waals surface area contributed by atoms with E-state index in [1.165, 1.54) is 36.5 Å². The van der Waals surface area contributed by atoms with Gasteiger partial charge in [0.15, 0.2) is 0 Å². The largest absolute Gasteiger partial charge is 0.478 e. The predicted molar refractivity (Wildman–Crippen MR) is 72.2 cm³/mol. The standard InChI is InChI=1S/C13H9N3O5/c17-12(8-2-1-3-10(6-8)16(20)21)15-11-7-9(13(18)19)4-5-14-11/h1-7H,(H,18,19)(H,14,15,17). The number of anilines is 1. The number of carbonyl (C=O) groups excluding carboxylic acids is 1. The predicted octanol–water partition coefficient (Wildman–Crippen LogP) is 1.94. The van der Waals surface area contributed by atoms with Gasteiger partial charge >= 0.3 is 5.97 Å². The number of nitrogens with zero attached hydrogens (tertiary/aromatic N) is 2. The number of rotatable bonds is 4. The van der Waals surface area contributed by atoms with Crippen LogP contribution < -0.4 is 5.32 Å². The van der Waals surface area contributed by atoms with Crippen molar-refractivity contribution in [3.05, 3.63) is 63.8 Å². The van der Waals surface area contributed by atoms with Crippen molar-refractivity contribution in [1.29, 1.82) is 0 Å². The zero-order valence-corrected chi connectivity index (χ0v) is 10.5. The Bertz CT molecular complexity index is 729. The summed E-state index contributed by atoms with van der Waals surface area (Å²) < 4.78 is 0. The lowest BCUT2D eigenvalue weighted by Gasteiger charge is -2.05. The summed E-state index contributed by atoms with van der Waals surface area (Å²) in [6.07, 6.45) is 1.24. The minimum absolute atomic E-state index is 0.0284. The molecule has 0 aliphatic rings. The molecule has 0 saturated heterocycles. The number of nitrogens with one attached hydrogen (secondary N) is 1. The van der Waals surface area contributed by atoms with Crippen molar-refractivity contribution in [1.82, 2.24) is 4.98 Å². The summed E-state index contributed by atoms with van der Waals surface area (Å²) in [5.74, 6) is -1.72. The first-order valence-electron chi connectivity index (χ1n) is 5.72. The summed E-state index contributed by atoms with van der Waals surface area (Å²) in [6.45, 7) is 0. The quantitative estimate of drug-likeness (QED) is 0.654. The molecule has 0 atom stereocenters. The summed E-state index contributed by atoms with van der Waals surface area (Å²) in [6, 6.07) is 7.65. The number of aromatic carboxylic acids is 1. The number of carboxylic acid groups (broad SMARTS) is 1. The number of nitro benzene ring substituents is 1. The zero-order chi connectivity index (χ0) is 15.4. The van der Waals surface area contributed by atoms with Crippen molar-refractivity contribution in [3.63, 3.8) is 0 Å². The second-order valence-electron chi connectivity index (χ2n) is 4.00. The summed E-state index contributed by atoms with van der Waals surface area (Å²) in [4.78, 5) is 36.6. The third kappa shape index (κ3) is 3.38. The fourth-order valence-electron chi connectivity index (χ4n) is 1.58. The Morgan fingerprint density at radius 2 is 1.95 bits per heavy atom. The maximum absolute atomic E-state index is 11.9. The van der Waals surface area contributed by atoms with E-state index < -0.39 is 16.8 Å². The zero-order valence-electron chi connectivity index (χ0n) is 10.5. The minimum Gasteiger partial charge on any atom is -0.478 e. The van der Waals surface area contributed by atoms with Crippen molar-refractivity contribution >= 4 is 23.4 Å². The van der Waals surface area contributed by atoms with E-state index in [1.54, 1.807) is 0 Å². The normalized spacial score (nSPS) is 9.90. The van der Waals surface area contributed by atoms with Crippen LogP contribution in [-0.2, 0) is 0 Å². The maximum atomic E-state index is 11.9. The van der Waals surface area contributed by atoms with Crippen LogP contribution in [0.15, 0.2) is 42.6 Å². The maximum Gasteiger partial charge on any atom is 0.335 e. The summed E-state index contributed by atoms with van der Waals surface area (Å²) in [5.41, 5.74) is -0.166. The topological polar surface area (TPSA) is 122 Å². The van der Waals surface area contributed by atoms with E-state index in [2.05, 4.69) is 10.3 Å². The number of aromatic nitrogens is 1. The van der Waals surface area contributed by atoms with Gasteiger partial charge in [-0.2, -0.15) is 0 Å². The molecule has 1 aromatic carbocycles. The first-order valence-corrected chi connectivity index (χ1v) is 5.72. The molecule has 0 unspecified atom stereocenters. The minimum atomic E-state index is -1.15. The van der Waals surface area contributed by atoms with Crippen LogP contribution in [0, 0.1) is 10.1 Å². The first kappa shape index (κ1) is 14.1. The van der Waals surface area contributed by atoms with Crippen LogP contribution in [-0.4, -0.2) is 26.9 Å². The number of nitro groups is 1. The lowest BCUT2D eigenvalue weighted by molar-refractivity contribution is -0.384. The monoisotopic (exact) mass is 287 g/mol. The first-order chi connectivity index (χ1) is 9.97. The molecule has 2 rings (SSSR count). The molecule has 2 N–H and O–H groups in total. The number of hydrogen-bond acceptors (Lipinski definition) is 5. The molecule has 2 aromatic rings. The Kier molecular flexibility index (Phi) is 3.89. The molecule has 0 aliphatic heterocycles. The molecule has 0 saturated carbocycles. The molecule has 0 radical (unpaired) electrons. The molecule has 8 heteroatoms. The third-order valence-corrected chi connectivity index (χ3v) is 2.57. The van der Waals surface area contributed by atoms with E-state index in [0.29, 0.717) is 0 Å². The Hall–Kier alpha value is -3.29. The van der Waals surface area contributed by atoms with Gasteiger partial charge < -0.3 is 10.4 Å². The van der Waals surface area contributed by atoms with Gasteiger partial charge in [0, 0.05) is 23.9 Å². The molecule has 106 valence electrons. The fourth-order valence-corrected chi connectivity index (χ4v) is 1.58. The lowest BCUT2D eigenvalue weighted by atomic mass is 10.2. The van der Waals surface area contributed by atoms with Crippen molar-refractivity contribution in [2.75, 3.05) is 5.32 Å². The van der Waals surface area contributed by atoms with Crippen LogP contribution in [0.3, 0.4) is 0 Å². The van der Waals surface area contributed by atoms with Gasteiger partial charge in [-0.25, -0.2) is 9.78 Å². The number of carbonyl (C=O) groups is 2. The number of amides is 1. The number of hydrogen-bond donors (Lipinski definition) is 2. The second-order valence-corrected chi connectivity index (χ2v) is 4.00. The molecule has 0 fully saturated rings. The highest BCUT2D eigenvalue weighted by molar-refractivity contribution is 6.04. The van der Waals surface area contributed by atoms with Crippen molar-refractivity contribution in [2.24, 2.45) is 0 Å². The number of benzene rings is 1. The van der Waals surface area contributed by atoms with Crippen LogP contribution in [0.4, 0.5) is 11.5 Å². The van der Waals surface area contributed by atoms with Gasteiger partial charge in [0.2, 0.25) is 0 Å². The number of non-ortho nitro benzene ring substituents is 1. The Balaban J connectivity index is 2.22. The van der Waals surface area contributed by atoms with E-state index in [0.717, 1.165) is 6.07 Å². The van der Waals surface area contributed by atoms with Gasteiger partial charge in [-0.3, -0.25) is 14.9 Å². The Labute approximate surface area is 118 Å². The molecule has 1 amide bonds. The average molecular weight is 287 g/mol. The molecule has 21 heavy (non-hydrogen) atoms. The second kappa shape index (κ2) is 5.78. The Morgan fingerprint density at radius 1 is 1.19 bits per heavy atom. The smallest absolute Gasteiger partial charge is 0.335 e. The molecule has 8 nitrogen and oxygen atoms in total. The van der Waals surface area contributed by atoms with E-state index in [4.69, 9.17) is 5.11 Å². The highest BCUT2D eigenvalue weighted by Gasteiger charge is 2.13. The molecular weight excluding hydrogens is 278 g/mol. The van der Waals surface area contributed by atoms with Gasteiger partial charge in [-0.1, -0.05) is 6.07 Å². The van der Waals surface area contributed by atoms with Gasteiger partial charge in [0.25, 0.3) is 11.6 Å². The van der Waals surface area contributed by atoms with Crippen molar-refractivity contribution in [2.45, 2.75) is 0 Å². The molecule has 0 aliphatic carbocycles. The molecule has 1 heterocycles. The SMILES string of the molecule is O=C(O)c1ccnc(NC(=O)c2cccc([N+](=O)[O-])c2)c1. The van der Waals surface area contributed by atoms with Gasteiger partial charge in [-0.15, -0.1) is 0 Å². The van der Waals surface area contributed by atoms with E-state index in [-0.39, 0.29) is 22.6 Å². The number of pyridine rings is 1. The summed E-state index contributed by atoms with van der Waals surface area (Å²) in [7, 11) is 0. The van der Waals surface area contributed by atoms with Crippen molar-refractivity contribution < 1.29 is 19.6 Å². The highest BCUT2D eigenvalue weighted by Crippen LogP contribution is 2.15. The average Bonchev–Trinajstić information content (AvgIpc) is 2.47. The van der Waals surface area contributed by atoms with E-state index >= 15 is 0 Å². The van der Waals surface area contributed by atoms with Gasteiger partial charge in [-0.05, 0) is 18.2 Å². The van der Waals surface area contributed by atoms with Gasteiger partial charge in [0.1, 0.15) is 5.82 Å². The van der Waals surface area contributed by atoms with Crippen LogP contribution >= 0.6 is 0 Å². The lowest BCUT2D eigenvalue weighted by Crippen LogP contribution is -2.13. The highest BCUT2D eigenvalue weighted by atomic mass is 16.6. The summed E-state index contributed by atoms with van der Waals surface area (Å²) >= 11 is 0. The molecule has 0 spiro atoms. The van der Waals surface area contributed by atoms with Crippen LogP contribution in [0.1, 0.15) is 20.7 Å². The van der Waals surface area contributed by atoms with Crippen LogP contribution in [0.25, 0.3) is 0 Å². The van der Waals surface area contributed by atoms with Gasteiger partial charge in [0.05, 0.1) is 10.5 Å². The molecule has 1 aromatic heterocycles. The van der Waals surface area contributed by atoms with E-state index in [1.807, 2.05) is 0 Å². The van der Waals surface area contributed by atoms with Crippen LogP contribution in [0.5, 0.6) is 0 Å².